The first-order valence-corrected chi connectivity index (χ1v) is 6.66. The van der Waals surface area contributed by atoms with Crippen LogP contribution in [0.15, 0.2) is 40.8 Å². The predicted octanol–water partition coefficient (Wildman–Crippen LogP) is 2.67. The van der Waals surface area contributed by atoms with Gasteiger partial charge in [-0.3, -0.25) is 20.2 Å². The van der Waals surface area contributed by atoms with Crippen molar-refractivity contribution in [2.45, 2.75) is 19.0 Å². The molecular formula is C12H12N2O4S. The van der Waals surface area contributed by atoms with Gasteiger partial charge in [-0.05, 0) is 6.92 Å². The molecule has 19 heavy (non-hydrogen) atoms. The molecule has 1 aromatic rings. The molecule has 0 aromatic heterocycles. The zero-order valence-electron chi connectivity index (χ0n) is 10.2. The summed E-state index contributed by atoms with van der Waals surface area (Å²) in [6.45, 7) is 1.61. The summed E-state index contributed by atoms with van der Waals surface area (Å²) in [4.78, 5) is 21.9. The van der Waals surface area contributed by atoms with Crippen LogP contribution in [0.25, 0.3) is 0 Å². The summed E-state index contributed by atoms with van der Waals surface area (Å²) < 4.78 is 0. The van der Waals surface area contributed by atoms with Gasteiger partial charge in [-0.1, -0.05) is 30.3 Å². The van der Waals surface area contributed by atoms with E-state index in [1.54, 1.807) is 37.3 Å². The molecule has 1 aliphatic rings. The van der Waals surface area contributed by atoms with Gasteiger partial charge >= 0.3 is 0 Å². The Morgan fingerprint density at radius 3 is 2.37 bits per heavy atom. The Kier molecular flexibility index (Phi) is 3.84. The summed E-state index contributed by atoms with van der Waals surface area (Å²) in [6, 6.07) is 6.77. The highest BCUT2D eigenvalue weighted by Crippen LogP contribution is 2.42. The second-order valence-electron chi connectivity index (χ2n) is 4.26. The molecule has 2 atom stereocenters. The molecule has 1 heterocycles. The summed E-state index contributed by atoms with van der Waals surface area (Å²) in [5.74, 6) is 0.269. The van der Waals surface area contributed by atoms with Gasteiger partial charge in [-0.2, -0.15) is 0 Å². The summed E-state index contributed by atoms with van der Waals surface area (Å²) >= 11 is 1.21. The van der Waals surface area contributed by atoms with Crippen LogP contribution in [0.2, 0.25) is 0 Å². The van der Waals surface area contributed by atoms with E-state index < -0.39 is 12.1 Å². The van der Waals surface area contributed by atoms with Crippen molar-refractivity contribution in [3.63, 3.8) is 0 Å². The molecule has 0 radical (unpaired) electrons. The van der Waals surface area contributed by atoms with E-state index in [2.05, 4.69) is 0 Å². The average Bonchev–Trinajstić information content (AvgIpc) is 2.73. The second kappa shape index (κ2) is 5.40. The molecule has 0 amide bonds. The fourth-order valence-corrected chi connectivity index (χ4v) is 3.54. The molecule has 1 aliphatic heterocycles. The van der Waals surface area contributed by atoms with E-state index in [1.807, 2.05) is 0 Å². The standard InChI is InChI=1S/C12H12N2O4S/c1-8-10(13(15)16)7-19-12(8)11(14(17)18)9-5-3-2-4-6-9/h2-6,10-11H,7H2,1H3. The molecule has 0 saturated carbocycles. The Balaban J connectivity index is 2.42. The maximum atomic E-state index is 11.3. The third kappa shape index (κ3) is 2.60. The number of hydrogen-bond acceptors (Lipinski definition) is 5. The zero-order chi connectivity index (χ0) is 14.0. The Hall–Kier alpha value is -1.89. The van der Waals surface area contributed by atoms with E-state index >= 15 is 0 Å². The maximum absolute atomic E-state index is 11.3. The summed E-state index contributed by atoms with van der Waals surface area (Å²) in [5.41, 5.74) is 1.05. The van der Waals surface area contributed by atoms with Crippen LogP contribution >= 0.6 is 11.8 Å². The lowest BCUT2D eigenvalue weighted by molar-refractivity contribution is -0.518. The van der Waals surface area contributed by atoms with Crippen molar-refractivity contribution in [3.05, 3.63) is 66.6 Å². The van der Waals surface area contributed by atoms with E-state index in [0.29, 0.717) is 16.0 Å². The lowest BCUT2D eigenvalue weighted by atomic mass is 10.0. The maximum Gasteiger partial charge on any atom is 0.269 e. The Labute approximate surface area is 113 Å². The smallest absolute Gasteiger partial charge is 0.264 e. The summed E-state index contributed by atoms with van der Waals surface area (Å²) in [7, 11) is 0. The van der Waals surface area contributed by atoms with Crippen molar-refractivity contribution in [1.82, 2.24) is 0 Å². The van der Waals surface area contributed by atoms with Crippen LogP contribution in [0.5, 0.6) is 0 Å². The highest BCUT2D eigenvalue weighted by molar-refractivity contribution is 8.03. The zero-order valence-corrected chi connectivity index (χ0v) is 11.0. The van der Waals surface area contributed by atoms with Crippen LogP contribution in [0, 0.1) is 20.2 Å². The van der Waals surface area contributed by atoms with Crippen molar-refractivity contribution < 1.29 is 9.85 Å². The number of nitro groups is 2. The first-order valence-electron chi connectivity index (χ1n) is 5.67. The van der Waals surface area contributed by atoms with Crippen LogP contribution in [0.1, 0.15) is 18.5 Å². The Bertz CT molecular complexity index is 544. The molecular weight excluding hydrogens is 268 g/mol. The van der Waals surface area contributed by atoms with Gasteiger partial charge in [0.2, 0.25) is 6.04 Å². The minimum absolute atomic E-state index is 0.269. The van der Waals surface area contributed by atoms with Gasteiger partial charge in [-0.25, -0.2) is 0 Å². The first-order chi connectivity index (χ1) is 9.02. The van der Waals surface area contributed by atoms with Crippen molar-refractivity contribution in [1.29, 1.82) is 0 Å². The molecule has 7 heteroatoms. The molecule has 2 rings (SSSR count). The molecule has 2 unspecified atom stereocenters. The van der Waals surface area contributed by atoms with Gasteiger partial charge in [0.25, 0.3) is 6.04 Å². The Morgan fingerprint density at radius 2 is 1.89 bits per heavy atom. The predicted molar refractivity (Wildman–Crippen MR) is 72.1 cm³/mol. The number of benzene rings is 1. The molecule has 0 aliphatic carbocycles. The number of thioether (sulfide) groups is 1. The van der Waals surface area contributed by atoms with Crippen LogP contribution in [0.4, 0.5) is 0 Å². The van der Waals surface area contributed by atoms with Gasteiger partial charge in [0.05, 0.1) is 10.7 Å². The first kappa shape index (κ1) is 13.5. The van der Waals surface area contributed by atoms with E-state index in [0.717, 1.165) is 0 Å². The highest BCUT2D eigenvalue weighted by atomic mass is 32.2. The van der Waals surface area contributed by atoms with Crippen molar-refractivity contribution in [2.24, 2.45) is 0 Å². The van der Waals surface area contributed by atoms with Crippen LogP contribution < -0.4 is 0 Å². The molecule has 6 nitrogen and oxygen atoms in total. The van der Waals surface area contributed by atoms with Crippen LogP contribution in [-0.2, 0) is 0 Å². The van der Waals surface area contributed by atoms with Crippen molar-refractivity contribution in [3.8, 4) is 0 Å². The van der Waals surface area contributed by atoms with Gasteiger partial charge in [0, 0.05) is 21.0 Å². The monoisotopic (exact) mass is 280 g/mol. The molecule has 0 fully saturated rings. The van der Waals surface area contributed by atoms with Gasteiger partial charge in [0.15, 0.2) is 0 Å². The van der Waals surface area contributed by atoms with E-state index in [9.17, 15) is 20.2 Å². The van der Waals surface area contributed by atoms with Gasteiger partial charge in [-0.15, -0.1) is 11.8 Å². The third-order valence-electron chi connectivity index (χ3n) is 3.11. The van der Waals surface area contributed by atoms with Gasteiger partial charge < -0.3 is 0 Å². The van der Waals surface area contributed by atoms with E-state index in [1.165, 1.54) is 11.8 Å². The van der Waals surface area contributed by atoms with Crippen LogP contribution in [0.3, 0.4) is 0 Å². The number of nitrogens with zero attached hydrogens (tertiary/aromatic N) is 2. The molecule has 0 N–H and O–H groups in total. The molecule has 0 bridgehead atoms. The largest absolute Gasteiger partial charge is 0.269 e. The molecule has 0 saturated heterocycles. The van der Waals surface area contributed by atoms with Gasteiger partial charge in [0.1, 0.15) is 0 Å². The van der Waals surface area contributed by atoms with Crippen molar-refractivity contribution in [2.75, 3.05) is 5.75 Å². The SMILES string of the molecule is CC1=C(C(c2ccccc2)[N+](=O)[O-])SCC1[N+](=O)[O-]. The molecule has 1 aromatic carbocycles. The number of hydrogen-bond donors (Lipinski definition) is 0. The van der Waals surface area contributed by atoms with Crippen molar-refractivity contribution >= 4 is 11.8 Å². The minimum atomic E-state index is -1.00. The minimum Gasteiger partial charge on any atom is -0.264 e. The third-order valence-corrected chi connectivity index (χ3v) is 4.45. The lowest BCUT2D eigenvalue weighted by Gasteiger charge is -2.11. The second-order valence-corrected chi connectivity index (χ2v) is 5.32. The molecule has 0 spiro atoms. The fourth-order valence-electron chi connectivity index (χ4n) is 2.09. The summed E-state index contributed by atoms with van der Waals surface area (Å²) in [6.07, 6.45) is 0. The topological polar surface area (TPSA) is 86.3 Å². The quantitative estimate of drug-likeness (QED) is 0.625. The van der Waals surface area contributed by atoms with E-state index in [-0.39, 0.29) is 15.6 Å². The Morgan fingerprint density at radius 1 is 1.26 bits per heavy atom. The number of rotatable bonds is 4. The normalized spacial score (nSPS) is 20.4. The fraction of sp³-hybridized carbons (Fsp3) is 0.333. The van der Waals surface area contributed by atoms with E-state index in [4.69, 9.17) is 0 Å². The highest BCUT2D eigenvalue weighted by Gasteiger charge is 2.40. The van der Waals surface area contributed by atoms with Crippen LogP contribution in [-0.4, -0.2) is 21.6 Å². The average molecular weight is 280 g/mol. The summed E-state index contributed by atoms with van der Waals surface area (Å²) in [5, 5.41) is 22.2. The molecule has 100 valence electrons. The lowest BCUT2D eigenvalue weighted by Crippen LogP contribution is -2.20.